The summed E-state index contributed by atoms with van der Waals surface area (Å²) in [5.41, 5.74) is 12.2. The summed E-state index contributed by atoms with van der Waals surface area (Å²) in [5, 5.41) is 19.1. The molecule has 6 heteroatoms. The summed E-state index contributed by atoms with van der Waals surface area (Å²) < 4.78 is 10.7. The first-order chi connectivity index (χ1) is 9.56. The van der Waals surface area contributed by atoms with Gasteiger partial charge in [0.05, 0.1) is 0 Å². The summed E-state index contributed by atoms with van der Waals surface area (Å²) in [6.07, 6.45) is 0. The number of anilines is 2. The Balaban J connectivity index is 1.87. The van der Waals surface area contributed by atoms with Crippen LogP contribution >= 0.6 is 0 Å². The summed E-state index contributed by atoms with van der Waals surface area (Å²) in [6.45, 7) is 0.372. The molecule has 0 aliphatic heterocycles. The van der Waals surface area contributed by atoms with Gasteiger partial charge in [0.15, 0.2) is 23.0 Å². The third-order valence-electron chi connectivity index (χ3n) is 2.57. The van der Waals surface area contributed by atoms with Crippen LogP contribution in [0.3, 0.4) is 0 Å². The standard InChI is InChI=1S/C14H16N2O4/c15-9-1-3-11(17)13(7-9)19-5-6-20-14-8-10(16)2-4-12(14)18/h1-4,7-8,17-18H,5-6,15-16H2. The number of phenols is 2. The van der Waals surface area contributed by atoms with Crippen molar-refractivity contribution in [2.45, 2.75) is 0 Å². The van der Waals surface area contributed by atoms with E-state index >= 15 is 0 Å². The van der Waals surface area contributed by atoms with Gasteiger partial charge in [0.1, 0.15) is 13.2 Å². The first-order valence-corrected chi connectivity index (χ1v) is 5.99. The highest BCUT2D eigenvalue weighted by molar-refractivity contribution is 5.52. The maximum absolute atomic E-state index is 9.55. The molecule has 6 nitrogen and oxygen atoms in total. The second-order valence-corrected chi connectivity index (χ2v) is 4.15. The van der Waals surface area contributed by atoms with E-state index in [4.69, 9.17) is 20.9 Å². The van der Waals surface area contributed by atoms with Crippen LogP contribution in [-0.4, -0.2) is 23.4 Å². The quantitative estimate of drug-likeness (QED) is 0.376. The van der Waals surface area contributed by atoms with Crippen molar-refractivity contribution in [2.24, 2.45) is 0 Å². The molecule has 0 atom stereocenters. The van der Waals surface area contributed by atoms with Crippen molar-refractivity contribution >= 4 is 11.4 Å². The lowest BCUT2D eigenvalue weighted by Crippen LogP contribution is -2.09. The molecular weight excluding hydrogens is 260 g/mol. The minimum Gasteiger partial charge on any atom is -0.504 e. The van der Waals surface area contributed by atoms with Crippen LogP contribution in [0.2, 0.25) is 0 Å². The van der Waals surface area contributed by atoms with Gasteiger partial charge in [-0.25, -0.2) is 0 Å². The van der Waals surface area contributed by atoms with Gasteiger partial charge in [-0.1, -0.05) is 0 Å². The molecule has 106 valence electrons. The molecule has 0 saturated heterocycles. The number of nitrogens with two attached hydrogens (primary N) is 2. The van der Waals surface area contributed by atoms with E-state index in [1.807, 2.05) is 0 Å². The molecule has 0 saturated carbocycles. The van der Waals surface area contributed by atoms with Gasteiger partial charge in [-0.3, -0.25) is 0 Å². The van der Waals surface area contributed by atoms with Gasteiger partial charge in [-0.05, 0) is 24.3 Å². The van der Waals surface area contributed by atoms with E-state index in [-0.39, 0.29) is 36.2 Å². The SMILES string of the molecule is Nc1ccc(O)c(OCCOc2cc(N)ccc2O)c1. The zero-order valence-electron chi connectivity index (χ0n) is 10.7. The fourth-order valence-electron chi connectivity index (χ4n) is 1.60. The number of benzene rings is 2. The monoisotopic (exact) mass is 276 g/mol. The highest BCUT2D eigenvalue weighted by atomic mass is 16.5. The molecule has 20 heavy (non-hydrogen) atoms. The Morgan fingerprint density at radius 1 is 0.750 bits per heavy atom. The number of nitrogen functional groups attached to an aromatic ring is 2. The van der Waals surface area contributed by atoms with Crippen LogP contribution < -0.4 is 20.9 Å². The van der Waals surface area contributed by atoms with Crippen molar-refractivity contribution in [1.82, 2.24) is 0 Å². The van der Waals surface area contributed by atoms with Crippen LogP contribution in [0, 0.1) is 0 Å². The lowest BCUT2D eigenvalue weighted by atomic mass is 10.3. The van der Waals surface area contributed by atoms with Gasteiger partial charge in [-0.15, -0.1) is 0 Å². The van der Waals surface area contributed by atoms with Crippen molar-refractivity contribution < 1.29 is 19.7 Å². The molecule has 2 aromatic rings. The fourth-order valence-corrected chi connectivity index (χ4v) is 1.60. The van der Waals surface area contributed by atoms with Crippen molar-refractivity contribution in [3.63, 3.8) is 0 Å². The van der Waals surface area contributed by atoms with E-state index in [1.54, 1.807) is 12.1 Å². The first-order valence-electron chi connectivity index (χ1n) is 5.99. The Morgan fingerprint density at radius 2 is 1.15 bits per heavy atom. The third kappa shape index (κ3) is 3.38. The summed E-state index contributed by atoms with van der Waals surface area (Å²) in [6, 6.07) is 9.10. The van der Waals surface area contributed by atoms with E-state index < -0.39 is 0 Å². The number of ether oxygens (including phenoxy) is 2. The van der Waals surface area contributed by atoms with Crippen molar-refractivity contribution in [3.05, 3.63) is 36.4 Å². The van der Waals surface area contributed by atoms with Crippen LogP contribution in [0.4, 0.5) is 11.4 Å². The molecule has 0 fully saturated rings. The third-order valence-corrected chi connectivity index (χ3v) is 2.57. The molecule has 0 unspecified atom stereocenters. The Kier molecular flexibility index (Phi) is 4.05. The van der Waals surface area contributed by atoms with Crippen molar-refractivity contribution in [1.29, 1.82) is 0 Å². The van der Waals surface area contributed by atoms with Crippen LogP contribution in [0.1, 0.15) is 0 Å². The van der Waals surface area contributed by atoms with E-state index in [0.29, 0.717) is 11.4 Å². The van der Waals surface area contributed by atoms with E-state index in [9.17, 15) is 10.2 Å². The predicted octanol–water partition coefficient (Wildman–Crippen LogP) is 1.72. The van der Waals surface area contributed by atoms with E-state index in [0.717, 1.165) is 0 Å². The molecule has 0 bridgehead atoms. The van der Waals surface area contributed by atoms with Gasteiger partial charge in [-0.2, -0.15) is 0 Å². The van der Waals surface area contributed by atoms with Gasteiger partial charge in [0.2, 0.25) is 0 Å². The highest BCUT2D eigenvalue weighted by Crippen LogP contribution is 2.29. The smallest absolute Gasteiger partial charge is 0.163 e. The largest absolute Gasteiger partial charge is 0.504 e. The second-order valence-electron chi connectivity index (χ2n) is 4.15. The first kappa shape index (κ1) is 13.7. The van der Waals surface area contributed by atoms with Gasteiger partial charge >= 0.3 is 0 Å². The number of hydrogen-bond acceptors (Lipinski definition) is 6. The lowest BCUT2D eigenvalue weighted by Gasteiger charge is -2.11. The van der Waals surface area contributed by atoms with Crippen molar-refractivity contribution in [2.75, 3.05) is 24.7 Å². The molecule has 2 aromatic carbocycles. The summed E-state index contributed by atoms with van der Waals surface area (Å²) in [4.78, 5) is 0. The van der Waals surface area contributed by atoms with E-state index in [1.165, 1.54) is 24.3 Å². The average molecular weight is 276 g/mol. The number of phenolic OH excluding ortho intramolecular Hbond substituents is 2. The average Bonchev–Trinajstić information content (AvgIpc) is 2.42. The zero-order chi connectivity index (χ0) is 14.5. The van der Waals surface area contributed by atoms with Crippen molar-refractivity contribution in [3.8, 4) is 23.0 Å². The Bertz CT molecular complexity index is 548. The molecular formula is C14H16N2O4. The van der Waals surface area contributed by atoms with E-state index in [2.05, 4.69) is 0 Å². The Morgan fingerprint density at radius 3 is 1.55 bits per heavy atom. The number of aromatic hydroxyl groups is 2. The Labute approximate surface area is 116 Å². The zero-order valence-corrected chi connectivity index (χ0v) is 10.7. The van der Waals surface area contributed by atoms with Crippen LogP contribution in [0.5, 0.6) is 23.0 Å². The van der Waals surface area contributed by atoms with Crippen LogP contribution in [0.15, 0.2) is 36.4 Å². The molecule has 0 amide bonds. The predicted molar refractivity (Wildman–Crippen MR) is 76.0 cm³/mol. The molecule has 0 aliphatic rings. The van der Waals surface area contributed by atoms with Crippen LogP contribution in [-0.2, 0) is 0 Å². The minimum absolute atomic E-state index is 0.00556. The molecule has 0 heterocycles. The lowest BCUT2D eigenvalue weighted by molar-refractivity contribution is 0.207. The molecule has 0 spiro atoms. The Hall–Kier alpha value is -2.76. The number of rotatable bonds is 5. The topological polar surface area (TPSA) is 111 Å². The van der Waals surface area contributed by atoms with Gasteiger partial charge < -0.3 is 31.2 Å². The van der Waals surface area contributed by atoms with Gasteiger partial charge in [0, 0.05) is 23.5 Å². The molecule has 2 rings (SSSR count). The summed E-state index contributed by atoms with van der Waals surface area (Å²) >= 11 is 0. The summed E-state index contributed by atoms with van der Waals surface area (Å²) in [5.74, 6) is 0.577. The van der Waals surface area contributed by atoms with Gasteiger partial charge in [0.25, 0.3) is 0 Å². The maximum Gasteiger partial charge on any atom is 0.163 e. The van der Waals surface area contributed by atoms with Crippen LogP contribution in [0.25, 0.3) is 0 Å². The molecule has 6 N–H and O–H groups in total. The molecule has 0 radical (unpaired) electrons. The maximum atomic E-state index is 9.55. The molecule has 0 aromatic heterocycles. The molecule has 0 aliphatic carbocycles. The minimum atomic E-state index is 0.00556. The fraction of sp³-hybridized carbons (Fsp3) is 0.143. The highest BCUT2D eigenvalue weighted by Gasteiger charge is 2.05. The summed E-state index contributed by atoms with van der Waals surface area (Å²) in [7, 11) is 0. The number of hydrogen-bond donors (Lipinski definition) is 4. The second kappa shape index (κ2) is 5.92. The normalized spacial score (nSPS) is 10.2.